The van der Waals surface area contributed by atoms with Crippen molar-refractivity contribution in [2.75, 3.05) is 18.9 Å². The Hall–Kier alpha value is -2.59. The lowest BCUT2D eigenvalue weighted by Gasteiger charge is -2.16. The van der Waals surface area contributed by atoms with Crippen LogP contribution >= 0.6 is 22.9 Å². The average molecular weight is 445 g/mol. The van der Waals surface area contributed by atoms with E-state index in [1.807, 2.05) is 6.92 Å². The van der Waals surface area contributed by atoms with E-state index in [0.29, 0.717) is 4.88 Å². The molecule has 2 aromatic heterocycles. The molecule has 0 fully saturated rings. The predicted octanol–water partition coefficient (Wildman–Crippen LogP) is 4.33. The minimum absolute atomic E-state index is 0.0591. The highest BCUT2D eigenvalue weighted by Crippen LogP contribution is 2.36. The lowest BCUT2D eigenvalue weighted by molar-refractivity contribution is -0.137. The lowest BCUT2D eigenvalue weighted by Crippen LogP contribution is -2.34. The molecule has 3 aromatic rings. The number of amides is 2. The molecule has 29 heavy (non-hydrogen) atoms. The average Bonchev–Trinajstić information content (AvgIpc) is 3.16. The highest BCUT2D eigenvalue weighted by Gasteiger charge is 2.33. The Morgan fingerprint density at radius 2 is 2.00 bits per heavy atom. The van der Waals surface area contributed by atoms with E-state index in [1.165, 1.54) is 29.4 Å². The molecule has 0 unspecified atom stereocenters. The molecule has 1 aromatic carbocycles. The van der Waals surface area contributed by atoms with Crippen LogP contribution in [-0.4, -0.2) is 40.1 Å². The fourth-order valence-corrected chi connectivity index (χ4v) is 4.15. The number of fused-ring (bicyclic) bond motifs is 1. The first-order valence-electron chi connectivity index (χ1n) is 8.32. The van der Waals surface area contributed by atoms with Gasteiger partial charge in [0.25, 0.3) is 5.91 Å². The molecule has 0 aliphatic carbocycles. The SMILES string of the molecule is Cc1nn(C)c2sc(C(=O)N(C)CC(=O)Nc3ccc(Cl)c(C(F)(F)F)c3)cc12. The topological polar surface area (TPSA) is 67.2 Å². The summed E-state index contributed by atoms with van der Waals surface area (Å²) >= 11 is 6.82. The van der Waals surface area contributed by atoms with E-state index in [0.717, 1.165) is 28.0 Å². The molecular formula is C18H16ClF3N4O2S. The normalized spacial score (nSPS) is 11.7. The number of carbonyl (C=O) groups is 2. The van der Waals surface area contributed by atoms with Gasteiger partial charge in [0.05, 0.1) is 27.7 Å². The van der Waals surface area contributed by atoms with E-state index in [2.05, 4.69) is 10.4 Å². The van der Waals surface area contributed by atoms with Crippen molar-refractivity contribution in [3.63, 3.8) is 0 Å². The Bertz CT molecular complexity index is 1070. The van der Waals surface area contributed by atoms with E-state index < -0.39 is 22.7 Å². The van der Waals surface area contributed by atoms with E-state index >= 15 is 0 Å². The fourth-order valence-electron chi connectivity index (χ4n) is 2.81. The lowest BCUT2D eigenvalue weighted by atomic mass is 10.2. The molecule has 3 rings (SSSR count). The summed E-state index contributed by atoms with van der Waals surface area (Å²) < 4.78 is 40.5. The van der Waals surface area contributed by atoms with Crippen molar-refractivity contribution in [1.82, 2.24) is 14.7 Å². The van der Waals surface area contributed by atoms with Crippen LogP contribution in [0.25, 0.3) is 10.2 Å². The number of thiophene rings is 1. The molecule has 0 spiro atoms. The van der Waals surface area contributed by atoms with Gasteiger partial charge in [-0.25, -0.2) is 0 Å². The standard InChI is InChI=1S/C18H16ClF3N4O2S/c1-9-11-7-14(29-17(11)26(3)24-9)16(28)25(2)8-15(27)23-10-4-5-13(19)12(6-10)18(20,21)22/h4-7H,8H2,1-3H3,(H,23,27). The summed E-state index contributed by atoms with van der Waals surface area (Å²) in [6.45, 7) is 1.51. The van der Waals surface area contributed by atoms with Crippen molar-refractivity contribution in [3.05, 3.63) is 45.4 Å². The molecule has 154 valence electrons. The summed E-state index contributed by atoms with van der Waals surface area (Å²) in [7, 11) is 3.22. The number of halogens is 4. The quantitative estimate of drug-likeness (QED) is 0.651. The van der Waals surface area contributed by atoms with Gasteiger partial charge in [-0.3, -0.25) is 14.3 Å². The van der Waals surface area contributed by atoms with Crippen LogP contribution in [0.4, 0.5) is 18.9 Å². The number of hydrogen-bond acceptors (Lipinski definition) is 4. The number of benzene rings is 1. The minimum atomic E-state index is -4.64. The van der Waals surface area contributed by atoms with E-state index in [1.54, 1.807) is 17.8 Å². The largest absolute Gasteiger partial charge is 0.417 e. The van der Waals surface area contributed by atoms with Crippen molar-refractivity contribution in [2.45, 2.75) is 13.1 Å². The van der Waals surface area contributed by atoms with Gasteiger partial charge in [-0.05, 0) is 31.2 Å². The number of anilines is 1. The Morgan fingerprint density at radius 3 is 2.62 bits per heavy atom. The molecule has 0 saturated heterocycles. The van der Waals surface area contributed by atoms with Crippen molar-refractivity contribution in [3.8, 4) is 0 Å². The first kappa shape index (κ1) is 21.1. The minimum Gasteiger partial charge on any atom is -0.332 e. The summed E-state index contributed by atoms with van der Waals surface area (Å²) in [6, 6.07) is 4.79. The summed E-state index contributed by atoms with van der Waals surface area (Å²) in [6.07, 6.45) is -4.64. The Kier molecular flexibility index (Phi) is 5.59. The van der Waals surface area contributed by atoms with E-state index in [-0.39, 0.29) is 18.1 Å². The number of hydrogen-bond donors (Lipinski definition) is 1. The van der Waals surface area contributed by atoms with Gasteiger partial charge in [0.15, 0.2) is 0 Å². The fraction of sp³-hybridized carbons (Fsp3) is 0.278. The molecule has 6 nitrogen and oxygen atoms in total. The smallest absolute Gasteiger partial charge is 0.332 e. The summed E-state index contributed by atoms with van der Waals surface area (Å²) in [5, 5.41) is 7.03. The van der Waals surface area contributed by atoms with Gasteiger partial charge in [0.2, 0.25) is 5.91 Å². The third-order valence-corrected chi connectivity index (χ3v) is 5.71. The van der Waals surface area contributed by atoms with Crippen LogP contribution in [0.5, 0.6) is 0 Å². The van der Waals surface area contributed by atoms with Crippen molar-refractivity contribution in [2.24, 2.45) is 7.05 Å². The van der Waals surface area contributed by atoms with Crippen LogP contribution in [0.15, 0.2) is 24.3 Å². The Morgan fingerprint density at radius 1 is 1.31 bits per heavy atom. The van der Waals surface area contributed by atoms with Gasteiger partial charge in [-0.1, -0.05) is 11.6 Å². The molecule has 0 atom stereocenters. The zero-order chi connectivity index (χ0) is 21.5. The Labute approximate surface area is 172 Å². The van der Waals surface area contributed by atoms with Gasteiger partial charge in [-0.2, -0.15) is 18.3 Å². The molecule has 0 aliphatic rings. The molecule has 0 saturated carbocycles. The maximum atomic E-state index is 12.9. The summed E-state index contributed by atoms with van der Waals surface area (Å²) in [5.41, 5.74) is -0.312. The molecule has 2 heterocycles. The zero-order valence-electron chi connectivity index (χ0n) is 15.6. The van der Waals surface area contributed by atoms with Crippen LogP contribution in [-0.2, 0) is 18.0 Å². The number of aromatic nitrogens is 2. The maximum absolute atomic E-state index is 12.9. The van der Waals surface area contributed by atoms with Gasteiger partial charge in [0.1, 0.15) is 4.83 Å². The van der Waals surface area contributed by atoms with Gasteiger partial charge in [0, 0.05) is 25.2 Å². The first-order valence-corrected chi connectivity index (χ1v) is 9.52. The number of likely N-dealkylation sites (N-methyl/N-ethyl adjacent to an activating group) is 1. The monoisotopic (exact) mass is 444 g/mol. The van der Waals surface area contributed by atoms with Crippen LogP contribution in [0.1, 0.15) is 20.9 Å². The predicted molar refractivity (Wildman–Crippen MR) is 105 cm³/mol. The van der Waals surface area contributed by atoms with Crippen LogP contribution in [0.2, 0.25) is 5.02 Å². The van der Waals surface area contributed by atoms with E-state index in [9.17, 15) is 22.8 Å². The molecule has 1 N–H and O–H groups in total. The van der Waals surface area contributed by atoms with Gasteiger partial charge < -0.3 is 10.2 Å². The molecule has 2 amide bonds. The third kappa shape index (κ3) is 4.38. The maximum Gasteiger partial charge on any atom is 0.417 e. The second-order valence-electron chi connectivity index (χ2n) is 6.44. The van der Waals surface area contributed by atoms with Crippen molar-refractivity contribution >= 4 is 50.7 Å². The molecule has 0 bridgehead atoms. The Balaban J connectivity index is 1.70. The number of aryl methyl sites for hydroxylation is 2. The third-order valence-electron chi connectivity index (χ3n) is 4.19. The zero-order valence-corrected chi connectivity index (χ0v) is 17.2. The molecule has 0 radical (unpaired) electrons. The van der Waals surface area contributed by atoms with Crippen molar-refractivity contribution in [1.29, 1.82) is 0 Å². The molecular weight excluding hydrogens is 429 g/mol. The molecule has 11 heteroatoms. The number of nitrogens with one attached hydrogen (secondary N) is 1. The van der Waals surface area contributed by atoms with Crippen molar-refractivity contribution < 1.29 is 22.8 Å². The number of nitrogens with zero attached hydrogens (tertiary/aromatic N) is 3. The van der Waals surface area contributed by atoms with Gasteiger partial charge in [-0.15, -0.1) is 11.3 Å². The second kappa shape index (κ2) is 7.68. The van der Waals surface area contributed by atoms with E-state index in [4.69, 9.17) is 11.6 Å². The first-order chi connectivity index (χ1) is 13.5. The van der Waals surface area contributed by atoms with Crippen LogP contribution in [0, 0.1) is 6.92 Å². The second-order valence-corrected chi connectivity index (χ2v) is 7.88. The number of carbonyl (C=O) groups excluding carboxylic acids is 2. The molecule has 0 aliphatic heterocycles. The summed E-state index contributed by atoms with van der Waals surface area (Å²) in [4.78, 5) is 27.3. The highest BCUT2D eigenvalue weighted by atomic mass is 35.5. The number of rotatable bonds is 4. The van der Waals surface area contributed by atoms with Gasteiger partial charge >= 0.3 is 6.18 Å². The summed E-state index contributed by atoms with van der Waals surface area (Å²) in [5.74, 6) is -0.997. The van der Waals surface area contributed by atoms with Crippen LogP contribution < -0.4 is 5.32 Å². The highest BCUT2D eigenvalue weighted by molar-refractivity contribution is 7.20. The van der Waals surface area contributed by atoms with Crippen LogP contribution in [0.3, 0.4) is 0 Å². The number of alkyl halides is 3.